The number of carboxylic acids is 1. The highest BCUT2D eigenvalue weighted by Gasteiger charge is 2.38. The summed E-state index contributed by atoms with van der Waals surface area (Å²) < 4.78 is 0. The maximum absolute atomic E-state index is 12.1. The van der Waals surface area contributed by atoms with Crippen molar-refractivity contribution in [3.8, 4) is 0 Å². The van der Waals surface area contributed by atoms with Crippen molar-refractivity contribution in [2.45, 2.75) is 26.3 Å². The molecule has 1 aliphatic heterocycles. The van der Waals surface area contributed by atoms with Crippen LogP contribution in [0.3, 0.4) is 0 Å². The number of aliphatic carboxylic acids is 1. The van der Waals surface area contributed by atoms with Crippen molar-refractivity contribution in [1.29, 1.82) is 0 Å². The van der Waals surface area contributed by atoms with Crippen LogP contribution in [0.4, 0.5) is 5.69 Å². The van der Waals surface area contributed by atoms with Crippen molar-refractivity contribution in [3.63, 3.8) is 0 Å². The Labute approximate surface area is 99.9 Å². The van der Waals surface area contributed by atoms with Gasteiger partial charge in [0.1, 0.15) is 5.92 Å². The van der Waals surface area contributed by atoms with Crippen LogP contribution in [0, 0.1) is 5.92 Å². The van der Waals surface area contributed by atoms with E-state index in [0.29, 0.717) is 0 Å². The maximum Gasteiger partial charge on any atom is 0.316 e. The van der Waals surface area contributed by atoms with Crippen molar-refractivity contribution >= 4 is 17.6 Å². The zero-order valence-corrected chi connectivity index (χ0v) is 9.88. The molecule has 0 saturated heterocycles. The first-order valence-corrected chi connectivity index (χ1v) is 5.66. The second kappa shape index (κ2) is 4.20. The van der Waals surface area contributed by atoms with Crippen LogP contribution in [0.2, 0.25) is 0 Å². The lowest BCUT2D eigenvalue weighted by Crippen LogP contribution is -2.47. The smallest absolute Gasteiger partial charge is 0.316 e. The predicted octanol–water partition coefficient (Wildman–Crippen LogP) is 1.68. The van der Waals surface area contributed by atoms with Crippen molar-refractivity contribution in [2.24, 2.45) is 5.92 Å². The Hall–Kier alpha value is -1.84. The van der Waals surface area contributed by atoms with E-state index in [0.717, 1.165) is 11.3 Å². The lowest BCUT2D eigenvalue weighted by molar-refractivity contribution is -0.146. The van der Waals surface area contributed by atoms with Crippen molar-refractivity contribution in [3.05, 3.63) is 29.8 Å². The minimum atomic E-state index is -1.05. The van der Waals surface area contributed by atoms with E-state index in [4.69, 9.17) is 5.11 Å². The number of amides is 1. The molecule has 1 aromatic rings. The fourth-order valence-electron chi connectivity index (χ4n) is 2.24. The minimum Gasteiger partial charge on any atom is -0.481 e. The first-order chi connectivity index (χ1) is 8.02. The lowest BCUT2D eigenvalue weighted by Gasteiger charge is -2.35. The summed E-state index contributed by atoms with van der Waals surface area (Å²) in [6, 6.07) is 7.44. The van der Waals surface area contributed by atoms with Crippen LogP contribution >= 0.6 is 0 Å². The quantitative estimate of drug-likeness (QED) is 0.791. The molecule has 0 aromatic heterocycles. The van der Waals surface area contributed by atoms with E-state index in [1.54, 1.807) is 4.90 Å². The highest BCUT2D eigenvalue weighted by atomic mass is 16.4. The molecule has 2 rings (SSSR count). The van der Waals surface area contributed by atoms with Gasteiger partial charge in [-0.2, -0.15) is 0 Å². The molecule has 1 heterocycles. The van der Waals surface area contributed by atoms with Crippen LogP contribution in [0.25, 0.3) is 0 Å². The van der Waals surface area contributed by atoms with E-state index in [-0.39, 0.29) is 18.4 Å². The molecule has 1 amide bonds. The van der Waals surface area contributed by atoms with Crippen LogP contribution in [0.15, 0.2) is 24.3 Å². The Morgan fingerprint density at radius 1 is 1.41 bits per heavy atom. The van der Waals surface area contributed by atoms with Gasteiger partial charge >= 0.3 is 5.97 Å². The van der Waals surface area contributed by atoms with E-state index in [1.807, 2.05) is 38.1 Å². The standard InChI is InChI=1S/C13H15NO3/c1-8(2)14-11-6-4-3-5-9(11)7-10(12(14)15)13(16)17/h3-6,8,10H,7H2,1-2H3,(H,16,17)/t10-/m0/s1. The molecule has 1 aliphatic rings. The zero-order valence-electron chi connectivity index (χ0n) is 9.88. The molecule has 0 radical (unpaired) electrons. The summed E-state index contributed by atoms with van der Waals surface area (Å²) in [5, 5.41) is 9.09. The number of rotatable bonds is 2. The predicted molar refractivity (Wildman–Crippen MR) is 63.9 cm³/mol. The number of hydrogen-bond acceptors (Lipinski definition) is 2. The molecular formula is C13H15NO3. The van der Waals surface area contributed by atoms with Gasteiger partial charge in [-0.1, -0.05) is 18.2 Å². The van der Waals surface area contributed by atoms with Gasteiger partial charge in [0, 0.05) is 11.7 Å². The normalized spacial score (nSPS) is 19.4. The van der Waals surface area contributed by atoms with Gasteiger partial charge in [0.05, 0.1) is 0 Å². The Morgan fingerprint density at radius 2 is 2.06 bits per heavy atom. The fourth-order valence-corrected chi connectivity index (χ4v) is 2.24. The van der Waals surface area contributed by atoms with Crippen LogP contribution in [-0.4, -0.2) is 23.0 Å². The molecule has 0 fully saturated rings. The Kier molecular flexibility index (Phi) is 2.88. The topological polar surface area (TPSA) is 57.6 Å². The van der Waals surface area contributed by atoms with E-state index < -0.39 is 11.9 Å². The number of carbonyl (C=O) groups is 2. The Morgan fingerprint density at radius 3 is 2.65 bits per heavy atom. The van der Waals surface area contributed by atoms with Gasteiger partial charge in [-0.25, -0.2) is 0 Å². The van der Waals surface area contributed by atoms with Crippen LogP contribution in [-0.2, 0) is 16.0 Å². The second-order valence-electron chi connectivity index (χ2n) is 4.53. The largest absolute Gasteiger partial charge is 0.481 e. The number of anilines is 1. The molecule has 1 N–H and O–H groups in total. The summed E-state index contributed by atoms with van der Waals surface area (Å²) in [4.78, 5) is 24.8. The number of fused-ring (bicyclic) bond motifs is 1. The molecule has 0 bridgehead atoms. The molecule has 17 heavy (non-hydrogen) atoms. The molecule has 0 aliphatic carbocycles. The molecule has 4 nitrogen and oxygen atoms in total. The molecule has 0 saturated carbocycles. The van der Waals surface area contributed by atoms with Crippen molar-refractivity contribution < 1.29 is 14.7 Å². The summed E-state index contributed by atoms with van der Waals surface area (Å²) in [7, 11) is 0. The number of carbonyl (C=O) groups excluding carboxylic acids is 1. The summed E-state index contributed by atoms with van der Waals surface area (Å²) in [6.45, 7) is 3.78. The van der Waals surface area contributed by atoms with E-state index in [2.05, 4.69) is 0 Å². The summed E-state index contributed by atoms with van der Waals surface area (Å²) in [5.41, 5.74) is 1.76. The van der Waals surface area contributed by atoms with Gasteiger partial charge in [0.15, 0.2) is 0 Å². The second-order valence-corrected chi connectivity index (χ2v) is 4.53. The van der Waals surface area contributed by atoms with Crippen LogP contribution < -0.4 is 4.90 Å². The third-order valence-electron chi connectivity index (χ3n) is 3.03. The summed E-state index contributed by atoms with van der Waals surface area (Å²) in [5.74, 6) is -2.31. The third kappa shape index (κ3) is 1.90. The van der Waals surface area contributed by atoms with Crippen molar-refractivity contribution in [1.82, 2.24) is 0 Å². The van der Waals surface area contributed by atoms with Gasteiger partial charge in [-0.3, -0.25) is 9.59 Å². The van der Waals surface area contributed by atoms with Gasteiger partial charge in [0.2, 0.25) is 5.91 Å². The van der Waals surface area contributed by atoms with Crippen LogP contribution in [0.1, 0.15) is 19.4 Å². The minimum absolute atomic E-state index is 0.0363. The van der Waals surface area contributed by atoms with Gasteiger partial charge in [-0.05, 0) is 31.9 Å². The molecule has 1 atom stereocenters. The number of nitrogens with zero attached hydrogens (tertiary/aromatic N) is 1. The number of para-hydroxylation sites is 1. The molecule has 1 aromatic carbocycles. The Bertz CT molecular complexity index is 467. The summed E-state index contributed by atoms with van der Waals surface area (Å²) >= 11 is 0. The fraction of sp³-hybridized carbons (Fsp3) is 0.385. The van der Waals surface area contributed by atoms with Gasteiger partial charge in [0.25, 0.3) is 0 Å². The molecule has 0 spiro atoms. The molecular weight excluding hydrogens is 218 g/mol. The van der Waals surface area contributed by atoms with Gasteiger partial charge in [-0.15, -0.1) is 0 Å². The molecule has 0 unspecified atom stereocenters. The van der Waals surface area contributed by atoms with Crippen molar-refractivity contribution in [2.75, 3.05) is 4.90 Å². The average Bonchev–Trinajstić information content (AvgIpc) is 2.27. The number of carboxylic acid groups (broad SMARTS) is 1. The molecule has 4 heteroatoms. The Balaban J connectivity index is 2.50. The first kappa shape index (κ1) is 11.6. The van der Waals surface area contributed by atoms with Gasteiger partial charge < -0.3 is 10.0 Å². The maximum atomic E-state index is 12.1. The van der Waals surface area contributed by atoms with E-state index in [1.165, 1.54) is 0 Å². The number of hydrogen-bond donors (Lipinski definition) is 1. The zero-order chi connectivity index (χ0) is 12.6. The monoisotopic (exact) mass is 233 g/mol. The average molecular weight is 233 g/mol. The SMILES string of the molecule is CC(C)N1C(=O)[C@@H](C(=O)O)Cc2ccccc21. The highest BCUT2D eigenvalue weighted by molar-refractivity contribution is 6.08. The molecule has 90 valence electrons. The van der Waals surface area contributed by atoms with Crippen LogP contribution in [0.5, 0.6) is 0 Å². The highest BCUT2D eigenvalue weighted by Crippen LogP contribution is 2.31. The third-order valence-corrected chi connectivity index (χ3v) is 3.03. The summed E-state index contributed by atoms with van der Waals surface area (Å²) in [6.07, 6.45) is 0.285. The van der Waals surface area contributed by atoms with E-state index in [9.17, 15) is 9.59 Å². The first-order valence-electron chi connectivity index (χ1n) is 5.66. The number of benzene rings is 1. The lowest BCUT2D eigenvalue weighted by atomic mass is 9.91. The van der Waals surface area contributed by atoms with E-state index >= 15 is 0 Å².